The molecular weight excluding hydrogens is 286 g/mol. The van der Waals surface area contributed by atoms with Crippen LogP contribution in [0.5, 0.6) is 0 Å². The molecule has 0 aliphatic heterocycles. The van der Waals surface area contributed by atoms with Gasteiger partial charge in [-0.15, -0.1) is 11.8 Å². The number of hydrogen-bond acceptors (Lipinski definition) is 2. The largest absolute Gasteiger partial charge is 0.442 e. The summed E-state index contributed by atoms with van der Waals surface area (Å²) in [5, 5.41) is -0.283. The van der Waals surface area contributed by atoms with Gasteiger partial charge in [0.1, 0.15) is 0 Å². The molecule has 1 aromatic rings. The summed E-state index contributed by atoms with van der Waals surface area (Å²) in [7, 11) is 0. The zero-order valence-corrected chi connectivity index (χ0v) is 9.73. The van der Waals surface area contributed by atoms with E-state index < -0.39 is 17.2 Å². The van der Waals surface area contributed by atoms with Crippen LogP contribution in [0.15, 0.2) is 29.2 Å². The van der Waals surface area contributed by atoms with E-state index in [2.05, 4.69) is 0 Å². The van der Waals surface area contributed by atoms with Gasteiger partial charge in [0.2, 0.25) is 0 Å². The van der Waals surface area contributed by atoms with Crippen molar-refractivity contribution in [2.24, 2.45) is 0 Å². The molecule has 8 heteroatoms. The van der Waals surface area contributed by atoms with Gasteiger partial charge in [0.05, 0.1) is 10.6 Å². The third kappa shape index (κ3) is 5.58. The highest BCUT2D eigenvalue weighted by Gasteiger charge is 2.30. The van der Waals surface area contributed by atoms with Crippen molar-refractivity contribution in [1.29, 1.82) is 0 Å². The Bertz CT molecular complexity index is 353. The van der Waals surface area contributed by atoms with Crippen LogP contribution >= 0.6 is 23.5 Å². The minimum absolute atomic E-state index is 0.221. The molecule has 0 unspecified atom stereocenters. The van der Waals surface area contributed by atoms with Crippen LogP contribution < -0.4 is 0 Å². The Morgan fingerprint density at radius 2 is 1.41 bits per heavy atom. The topological polar surface area (TPSA) is 0 Å². The normalized spacial score (nSPS) is 12.8. The van der Waals surface area contributed by atoms with E-state index >= 15 is 0 Å². The first-order valence-corrected chi connectivity index (χ1v) is 6.16. The third-order valence-corrected chi connectivity index (χ3v) is 3.51. The Hall–Kier alpha value is -0.500. The molecule has 0 N–H and O–H groups in total. The van der Waals surface area contributed by atoms with Gasteiger partial charge in [-0.1, -0.05) is 0 Å². The number of hydrogen-bond donors (Lipinski definition) is 0. The molecule has 0 heterocycles. The van der Waals surface area contributed by atoms with Crippen molar-refractivity contribution in [3.05, 3.63) is 29.8 Å². The summed E-state index contributed by atoms with van der Waals surface area (Å²) in [6.45, 7) is 0. The maximum absolute atomic E-state index is 12.2. The third-order valence-electron chi connectivity index (χ3n) is 1.63. The maximum Gasteiger partial charge on any atom is 0.442 e. The Labute approximate surface area is 102 Å². The smallest absolute Gasteiger partial charge is 0.166 e. The SMILES string of the molecule is FC(F)(F)SCSc1ccc(C(F)(F)F)cc1. The van der Waals surface area contributed by atoms with Crippen LogP contribution in [0.3, 0.4) is 0 Å². The lowest BCUT2D eigenvalue weighted by molar-refractivity contribution is -0.137. The second-order valence-corrected chi connectivity index (χ2v) is 5.33. The summed E-state index contributed by atoms with van der Waals surface area (Å²) >= 11 is 0.621. The lowest BCUT2D eigenvalue weighted by Crippen LogP contribution is -2.04. The molecule has 0 fully saturated rings. The fourth-order valence-electron chi connectivity index (χ4n) is 0.904. The van der Waals surface area contributed by atoms with Crippen molar-refractivity contribution in [3.8, 4) is 0 Å². The highest BCUT2D eigenvalue weighted by molar-refractivity contribution is 8.16. The summed E-state index contributed by atoms with van der Waals surface area (Å²) in [4.78, 5) is 0.370. The first kappa shape index (κ1) is 14.6. The maximum atomic E-state index is 12.2. The average molecular weight is 292 g/mol. The molecule has 0 aliphatic carbocycles. The van der Waals surface area contributed by atoms with Gasteiger partial charge < -0.3 is 0 Å². The minimum atomic E-state index is -4.43. The molecule has 0 aliphatic rings. The number of alkyl halides is 6. The molecule has 0 atom stereocenters. The van der Waals surface area contributed by atoms with E-state index in [1.54, 1.807) is 0 Å². The van der Waals surface area contributed by atoms with Gasteiger partial charge in [-0.05, 0) is 36.0 Å². The monoisotopic (exact) mass is 292 g/mol. The minimum Gasteiger partial charge on any atom is -0.166 e. The number of thioether (sulfide) groups is 2. The van der Waals surface area contributed by atoms with Crippen LogP contribution in [0.4, 0.5) is 26.3 Å². The molecule has 0 bridgehead atoms. The molecule has 0 amide bonds. The quantitative estimate of drug-likeness (QED) is 0.436. The zero-order chi connectivity index (χ0) is 13.1. The second kappa shape index (κ2) is 5.43. The standard InChI is InChI=1S/C9H6F6S2/c10-8(11,12)6-1-3-7(4-2-6)16-5-17-9(13,14)15/h1-4H,5H2. The summed E-state index contributed by atoms with van der Waals surface area (Å²) in [6, 6.07) is 4.01. The lowest BCUT2D eigenvalue weighted by atomic mass is 10.2. The first-order valence-electron chi connectivity index (χ1n) is 4.19. The van der Waals surface area contributed by atoms with Gasteiger partial charge in [-0.3, -0.25) is 0 Å². The Balaban J connectivity index is 2.52. The van der Waals surface area contributed by atoms with Gasteiger partial charge in [0.15, 0.2) is 0 Å². The number of halogens is 6. The van der Waals surface area contributed by atoms with E-state index in [9.17, 15) is 26.3 Å². The molecule has 96 valence electrons. The Morgan fingerprint density at radius 3 is 1.82 bits per heavy atom. The summed E-state index contributed by atoms with van der Waals surface area (Å²) in [6.07, 6.45) is -4.43. The molecule has 0 aromatic heterocycles. The van der Waals surface area contributed by atoms with Crippen LogP contribution in [-0.4, -0.2) is 10.6 Å². The van der Waals surface area contributed by atoms with Gasteiger partial charge >= 0.3 is 11.7 Å². The van der Waals surface area contributed by atoms with E-state index in [0.717, 1.165) is 36.0 Å². The fourth-order valence-corrected chi connectivity index (χ4v) is 2.55. The van der Waals surface area contributed by atoms with Crippen molar-refractivity contribution in [2.75, 3.05) is 5.08 Å². The molecule has 1 aromatic carbocycles. The lowest BCUT2D eigenvalue weighted by Gasteiger charge is -2.08. The summed E-state index contributed by atoms with van der Waals surface area (Å²) in [5.41, 5.74) is -5.14. The molecule has 0 radical (unpaired) electrons. The van der Waals surface area contributed by atoms with Crippen LogP contribution in [0.25, 0.3) is 0 Å². The van der Waals surface area contributed by atoms with Crippen molar-refractivity contribution in [2.45, 2.75) is 16.6 Å². The Kier molecular flexibility index (Phi) is 4.65. The van der Waals surface area contributed by atoms with Gasteiger partial charge in [0.25, 0.3) is 0 Å². The molecule has 0 spiro atoms. The van der Waals surface area contributed by atoms with Crippen LogP contribution in [0, 0.1) is 0 Å². The molecule has 0 nitrogen and oxygen atoms in total. The summed E-state index contributed by atoms with van der Waals surface area (Å²) in [5.74, 6) is 0. The summed E-state index contributed by atoms with van der Waals surface area (Å²) < 4.78 is 71.8. The van der Waals surface area contributed by atoms with Crippen LogP contribution in [0.2, 0.25) is 0 Å². The van der Waals surface area contributed by atoms with Crippen molar-refractivity contribution >= 4 is 23.5 Å². The number of benzene rings is 1. The number of rotatable bonds is 3. The molecule has 0 saturated heterocycles. The molecule has 1 rings (SSSR count). The second-order valence-electron chi connectivity index (χ2n) is 2.87. The van der Waals surface area contributed by atoms with Gasteiger partial charge in [-0.2, -0.15) is 26.3 Å². The average Bonchev–Trinajstić information content (AvgIpc) is 2.15. The predicted octanol–water partition coefficient (Wildman–Crippen LogP) is 5.01. The molecule has 0 saturated carbocycles. The highest BCUT2D eigenvalue weighted by Crippen LogP contribution is 2.36. The predicted molar refractivity (Wildman–Crippen MR) is 55.8 cm³/mol. The van der Waals surface area contributed by atoms with E-state index in [4.69, 9.17) is 0 Å². The van der Waals surface area contributed by atoms with Crippen LogP contribution in [-0.2, 0) is 6.18 Å². The molecule has 17 heavy (non-hydrogen) atoms. The van der Waals surface area contributed by atoms with Crippen molar-refractivity contribution in [3.63, 3.8) is 0 Å². The molecular formula is C9H6F6S2. The van der Waals surface area contributed by atoms with Crippen molar-refractivity contribution < 1.29 is 26.3 Å². The van der Waals surface area contributed by atoms with Gasteiger partial charge in [-0.25, -0.2) is 0 Å². The van der Waals surface area contributed by atoms with Crippen molar-refractivity contribution in [1.82, 2.24) is 0 Å². The van der Waals surface area contributed by atoms with Gasteiger partial charge in [0, 0.05) is 4.90 Å². The van der Waals surface area contributed by atoms with Crippen LogP contribution in [0.1, 0.15) is 5.56 Å². The van der Waals surface area contributed by atoms with E-state index in [1.807, 2.05) is 0 Å². The fraction of sp³-hybridized carbons (Fsp3) is 0.333. The highest BCUT2D eigenvalue weighted by atomic mass is 32.2. The van der Waals surface area contributed by atoms with E-state index in [1.165, 1.54) is 0 Å². The van der Waals surface area contributed by atoms with E-state index in [-0.39, 0.29) is 16.8 Å². The Morgan fingerprint density at radius 1 is 0.882 bits per heavy atom. The van der Waals surface area contributed by atoms with E-state index in [0.29, 0.717) is 4.90 Å². The zero-order valence-electron chi connectivity index (χ0n) is 8.10. The first-order chi connectivity index (χ1) is 7.68.